The van der Waals surface area contributed by atoms with E-state index >= 15 is 0 Å². The molecule has 0 aliphatic heterocycles. The minimum atomic E-state index is -2.48. The van der Waals surface area contributed by atoms with Crippen molar-refractivity contribution in [1.82, 2.24) is 5.32 Å². The highest BCUT2D eigenvalue weighted by molar-refractivity contribution is 7.99. The van der Waals surface area contributed by atoms with E-state index in [0.29, 0.717) is 28.2 Å². The number of methoxy groups -OCH3 is 2. The molecule has 0 spiro atoms. The molecule has 1 N–H and O–H groups in total. The summed E-state index contributed by atoms with van der Waals surface area (Å²) in [7, 11) is 4.78. The fourth-order valence-electron chi connectivity index (χ4n) is 1.58. The number of likely N-dealkylation sites (N-methyl/N-ethyl adjacent to an activating group) is 1. The second kappa shape index (κ2) is 7.43. The normalized spacial score (nSPS) is 10.8. The van der Waals surface area contributed by atoms with Crippen LogP contribution in [-0.2, 0) is 6.42 Å². The minimum absolute atomic E-state index is 0.357. The quantitative estimate of drug-likeness (QED) is 0.776. The maximum Gasteiger partial charge on any atom is 0.289 e. The van der Waals surface area contributed by atoms with Gasteiger partial charge in [-0.05, 0) is 37.7 Å². The van der Waals surface area contributed by atoms with E-state index in [1.807, 2.05) is 13.1 Å². The van der Waals surface area contributed by atoms with Gasteiger partial charge in [0, 0.05) is 0 Å². The summed E-state index contributed by atoms with van der Waals surface area (Å²) in [6.07, 6.45) is 0.744. The lowest BCUT2D eigenvalue weighted by atomic mass is 10.1. The standard InChI is InChI=1S/C12H17F2NO2S/c1-15-5-4-8-6-9(16-2)11(17-3)10(7-8)18-12(13)14/h6-7,12,15H,4-5H2,1-3H3. The number of thioether (sulfide) groups is 1. The molecule has 0 saturated heterocycles. The fraction of sp³-hybridized carbons (Fsp3) is 0.500. The van der Waals surface area contributed by atoms with Crippen molar-refractivity contribution in [3.05, 3.63) is 17.7 Å². The Labute approximate surface area is 110 Å². The number of halogens is 2. The second-order valence-electron chi connectivity index (χ2n) is 3.56. The molecule has 1 rings (SSSR count). The van der Waals surface area contributed by atoms with Gasteiger partial charge in [0.05, 0.1) is 19.1 Å². The second-order valence-corrected chi connectivity index (χ2v) is 4.59. The zero-order chi connectivity index (χ0) is 13.5. The van der Waals surface area contributed by atoms with Gasteiger partial charge in [-0.15, -0.1) is 0 Å². The first-order valence-corrected chi connectivity index (χ1v) is 6.34. The molecule has 0 heterocycles. The van der Waals surface area contributed by atoms with Crippen LogP contribution < -0.4 is 14.8 Å². The monoisotopic (exact) mass is 277 g/mol. The Balaban J connectivity index is 3.09. The lowest BCUT2D eigenvalue weighted by Gasteiger charge is -2.14. The Kier molecular flexibility index (Phi) is 6.21. The molecule has 0 aliphatic rings. The molecular formula is C12H17F2NO2S. The topological polar surface area (TPSA) is 30.5 Å². The smallest absolute Gasteiger partial charge is 0.289 e. The molecule has 0 radical (unpaired) electrons. The van der Waals surface area contributed by atoms with Gasteiger partial charge in [-0.1, -0.05) is 11.8 Å². The number of nitrogens with one attached hydrogen (secondary N) is 1. The predicted molar refractivity (Wildman–Crippen MR) is 69.0 cm³/mol. The van der Waals surface area contributed by atoms with Crippen LogP contribution in [0.3, 0.4) is 0 Å². The van der Waals surface area contributed by atoms with Crippen molar-refractivity contribution in [3.63, 3.8) is 0 Å². The van der Waals surface area contributed by atoms with Crippen molar-refractivity contribution in [2.75, 3.05) is 27.8 Å². The summed E-state index contributed by atoms with van der Waals surface area (Å²) in [6.45, 7) is 0.772. The van der Waals surface area contributed by atoms with Crippen LogP contribution in [-0.4, -0.2) is 33.6 Å². The molecular weight excluding hydrogens is 260 g/mol. The molecule has 0 saturated carbocycles. The summed E-state index contributed by atoms with van der Waals surface area (Å²) in [4.78, 5) is 0.401. The highest BCUT2D eigenvalue weighted by Crippen LogP contribution is 2.41. The van der Waals surface area contributed by atoms with E-state index in [0.717, 1.165) is 18.5 Å². The van der Waals surface area contributed by atoms with Crippen LogP contribution in [0, 0.1) is 0 Å². The Morgan fingerprint density at radius 1 is 1.28 bits per heavy atom. The molecule has 102 valence electrons. The van der Waals surface area contributed by atoms with Crippen molar-refractivity contribution in [2.24, 2.45) is 0 Å². The molecule has 0 aliphatic carbocycles. The van der Waals surface area contributed by atoms with E-state index in [4.69, 9.17) is 9.47 Å². The van der Waals surface area contributed by atoms with E-state index in [1.54, 1.807) is 6.07 Å². The van der Waals surface area contributed by atoms with Crippen LogP contribution in [0.4, 0.5) is 8.78 Å². The number of ether oxygens (including phenoxy) is 2. The predicted octanol–water partition coefficient (Wildman–Crippen LogP) is 2.78. The van der Waals surface area contributed by atoms with Crippen LogP contribution in [0.2, 0.25) is 0 Å². The number of rotatable bonds is 7. The van der Waals surface area contributed by atoms with Gasteiger partial charge < -0.3 is 14.8 Å². The SMILES string of the molecule is CNCCc1cc(OC)c(OC)c(SC(F)F)c1. The number of hydrogen-bond acceptors (Lipinski definition) is 4. The third-order valence-electron chi connectivity index (χ3n) is 2.38. The van der Waals surface area contributed by atoms with E-state index in [9.17, 15) is 8.78 Å². The average Bonchev–Trinajstić information content (AvgIpc) is 2.34. The third kappa shape index (κ3) is 4.03. The minimum Gasteiger partial charge on any atom is -0.493 e. The summed E-state index contributed by atoms with van der Waals surface area (Å²) in [5, 5.41) is 3.02. The largest absolute Gasteiger partial charge is 0.493 e. The maximum absolute atomic E-state index is 12.5. The molecule has 0 aromatic heterocycles. The Bertz CT molecular complexity index is 389. The van der Waals surface area contributed by atoms with Gasteiger partial charge in [0.25, 0.3) is 5.76 Å². The third-order valence-corrected chi connectivity index (χ3v) is 3.12. The van der Waals surface area contributed by atoms with E-state index < -0.39 is 5.76 Å². The Morgan fingerprint density at radius 3 is 2.50 bits per heavy atom. The van der Waals surface area contributed by atoms with Crippen LogP contribution in [0.5, 0.6) is 11.5 Å². The van der Waals surface area contributed by atoms with Gasteiger partial charge in [0.15, 0.2) is 11.5 Å². The molecule has 0 unspecified atom stereocenters. The zero-order valence-corrected chi connectivity index (χ0v) is 11.4. The van der Waals surface area contributed by atoms with Crippen molar-refractivity contribution in [2.45, 2.75) is 17.1 Å². The van der Waals surface area contributed by atoms with Gasteiger partial charge in [-0.3, -0.25) is 0 Å². The summed E-state index contributed by atoms with van der Waals surface area (Å²) in [5.41, 5.74) is 0.935. The van der Waals surface area contributed by atoms with Crippen LogP contribution in [0.25, 0.3) is 0 Å². The van der Waals surface area contributed by atoms with Gasteiger partial charge in [-0.25, -0.2) is 0 Å². The van der Waals surface area contributed by atoms with Crippen molar-refractivity contribution < 1.29 is 18.3 Å². The summed E-state index contributed by atoms with van der Waals surface area (Å²) in [5.74, 6) is -1.64. The summed E-state index contributed by atoms with van der Waals surface area (Å²) >= 11 is 0.468. The highest BCUT2D eigenvalue weighted by atomic mass is 32.2. The Hall–Kier alpha value is -1.01. The van der Waals surface area contributed by atoms with E-state index in [2.05, 4.69) is 5.32 Å². The molecule has 0 atom stereocenters. The van der Waals surface area contributed by atoms with Crippen LogP contribution in [0.15, 0.2) is 17.0 Å². The van der Waals surface area contributed by atoms with Crippen LogP contribution >= 0.6 is 11.8 Å². The molecule has 1 aromatic carbocycles. The lowest BCUT2D eigenvalue weighted by Crippen LogP contribution is -2.10. The Morgan fingerprint density at radius 2 is 2.00 bits per heavy atom. The van der Waals surface area contributed by atoms with Gasteiger partial charge >= 0.3 is 0 Å². The first-order chi connectivity index (χ1) is 8.62. The highest BCUT2D eigenvalue weighted by Gasteiger charge is 2.16. The average molecular weight is 277 g/mol. The molecule has 3 nitrogen and oxygen atoms in total. The first kappa shape index (κ1) is 15.0. The van der Waals surface area contributed by atoms with Crippen LogP contribution in [0.1, 0.15) is 5.56 Å². The summed E-state index contributed by atoms with van der Waals surface area (Å²) in [6, 6.07) is 3.53. The number of alkyl halides is 2. The fourth-order valence-corrected chi connectivity index (χ4v) is 2.28. The summed E-state index contributed by atoms with van der Waals surface area (Å²) < 4.78 is 35.3. The molecule has 0 bridgehead atoms. The molecule has 18 heavy (non-hydrogen) atoms. The van der Waals surface area contributed by atoms with Crippen molar-refractivity contribution >= 4 is 11.8 Å². The van der Waals surface area contributed by atoms with Crippen molar-refractivity contribution in [1.29, 1.82) is 0 Å². The molecule has 1 aromatic rings. The van der Waals surface area contributed by atoms with Gasteiger partial charge in [0.1, 0.15) is 0 Å². The zero-order valence-electron chi connectivity index (χ0n) is 10.6. The van der Waals surface area contributed by atoms with E-state index in [-0.39, 0.29) is 0 Å². The molecule has 0 amide bonds. The van der Waals surface area contributed by atoms with Crippen molar-refractivity contribution in [3.8, 4) is 11.5 Å². The van der Waals surface area contributed by atoms with E-state index in [1.165, 1.54) is 14.2 Å². The lowest BCUT2D eigenvalue weighted by molar-refractivity contribution is 0.251. The molecule has 0 fully saturated rings. The maximum atomic E-state index is 12.5. The molecule has 6 heteroatoms. The number of benzene rings is 1. The first-order valence-electron chi connectivity index (χ1n) is 5.46. The number of hydrogen-bond donors (Lipinski definition) is 1. The van der Waals surface area contributed by atoms with Gasteiger partial charge in [0.2, 0.25) is 0 Å². The van der Waals surface area contributed by atoms with Gasteiger partial charge in [-0.2, -0.15) is 8.78 Å².